The van der Waals surface area contributed by atoms with Gasteiger partial charge in [0, 0.05) is 6.54 Å². The van der Waals surface area contributed by atoms with E-state index in [4.69, 9.17) is 45.3 Å². The third kappa shape index (κ3) is 4.75. The molecule has 0 saturated carbocycles. The number of aromatic nitrogens is 1. The van der Waals surface area contributed by atoms with Crippen LogP contribution in [0.2, 0.25) is 15.2 Å². The lowest BCUT2D eigenvalue weighted by Gasteiger charge is -2.10. The highest BCUT2D eigenvalue weighted by Crippen LogP contribution is 2.34. The van der Waals surface area contributed by atoms with Gasteiger partial charge in [0.2, 0.25) is 0 Å². The smallest absolute Gasteiger partial charge is 0.359 e. The van der Waals surface area contributed by atoms with E-state index in [1.54, 1.807) is 0 Å². The van der Waals surface area contributed by atoms with E-state index in [1.807, 2.05) is 31.2 Å². The third-order valence-electron chi connectivity index (χ3n) is 3.34. The number of benzene rings is 1. The lowest BCUT2D eigenvalue weighted by atomic mass is 10.1. The van der Waals surface area contributed by atoms with Gasteiger partial charge in [0.15, 0.2) is 17.5 Å². The molecule has 1 aromatic carbocycles. The summed E-state index contributed by atoms with van der Waals surface area (Å²) in [5.41, 5.74) is 7.24. The second-order valence-electron chi connectivity index (χ2n) is 5.07. The van der Waals surface area contributed by atoms with Crippen LogP contribution in [0.25, 0.3) is 0 Å². The van der Waals surface area contributed by atoms with E-state index in [9.17, 15) is 9.59 Å². The first-order valence-electron chi connectivity index (χ1n) is 7.09. The molecule has 0 bridgehead atoms. The lowest BCUT2D eigenvalue weighted by Crippen LogP contribution is -2.28. The van der Waals surface area contributed by atoms with Crippen LogP contribution in [-0.4, -0.2) is 23.5 Å². The summed E-state index contributed by atoms with van der Waals surface area (Å²) in [7, 11) is 0. The standard InChI is InChI=1S/C16H14Cl3N3O3/c1-8-4-2-3-5-9(8)6-21-10(23)7-25-16(24)14-11(17)13(20)12(18)15(19)22-14/h2-5H,6-7H2,1H3,(H2,20,22)(H,21,23). The third-order valence-corrected chi connectivity index (χ3v) is 4.47. The summed E-state index contributed by atoms with van der Waals surface area (Å²) in [6.45, 7) is 1.76. The molecule has 3 N–H and O–H groups in total. The van der Waals surface area contributed by atoms with Crippen LogP contribution in [0.4, 0.5) is 5.69 Å². The van der Waals surface area contributed by atoms with E-state index in [2.05, 4.69) is 10.3 Å². The minimum atomic E-state index is -0.929. The number of nitrogens with one attached hydrogen (secondary N) is 1. The predicted octanol–water partition coefficient (Wildman–Crippen LogP) is 3.41. The Bertz CT molecular complexity index is 828. The number of carbonyl (C=O) groups excluding carboxylic acids is 2. The SMILES string of the molecule is Cc1ccccc1CNC(=O)COC(=O)c1nc(Cl)c(Cl)c(N)c1Cl. The number of nitrogens with two attached hydrogens (primary N) is 1. The van der Waals surface area contributed by atoms with Crippen molar-refractivity contribution in [2.24, 2.45) is 0 Å². The van der Waals surface area contributed by atoms with Gasteiger partial charge in [-0.15, -0.1) is 0 Å². The Labute approximate surface area is 159 Å². The van der Waals surface area contributed by atoms with Crippen LogP contribution in [0, 0.1) is 6.92 Å². The van der Waals surface area contributed by atoms with E-state index in [0.717, 1.165) is 11.1 Å². The van der Waals surface area contributed by atoms with Crippen LogP contribution in [0.1, 0.15) is 21.6 Å². The van der Waals surface area contributed by atoms with Crippen molar-refractivity contribution in [2.75, 3.05) is 12.3 Å². The molecule has 0 aliphatic heterocycles. The molecular weight excluding hydrogens is 389 g/mol. The summed E-state index contributed by atoms with van der Waals surface area (Å²) < 4.78 is 4.88. The van der Waals surface area contributed by atoms with Crippen LogP contribution < -0.4 is 11.1 Å². The van der Waals surface area contributed by atoms with Gasteiger partial charge >= 0.3 is 5.97 Å². The zero-order chi connectivity index (χ0) is 18.6. The molecule has 6 nitrogen and oxygen atoms in total. The number of pyridine rings is 1. The minimum absolute atomic E-state index is 0.0563. The first-order valence-corrected chi connectivity index (χ1v) is 8.23. The van der Waals surface area contributed by atoms with Crippen molar-refractivity contribution in [2.45, 2.75) is 13.5 Å². The maximum absolute atomic E-state index is 12.0. The quantitative estimate of drug-likeness (QED) is 0.590. The number of halogens is 3. The molecule has 2 aromatic rings. The maximum Gasteiger partial charge on any atom is 0.359 e. The van der Waals surface area contributed by atoms with Crippen molar-refractivity contribution in [1.29, 1.82) is 0 Å². The normalized spacial score (nSPS) is 10.4. The topological polar surface area (TPSA) is 94.3 Å². The number of anilines is 1. The number of rotatable bonds is 5. The molecule has 0 radical (unpaired) electrons. The maximum atomic E-state index is 12.0. The Kier molecular flexibility index (Phi) is 6.47. The first kappa shape index (κ1) is 19.3. The Balaban J connectivity index is 1.94. The van der Waals surface area contributed by atoms with E-state index in [0.29, 0.717) is 6.54 Å². The zero-order valence-electron chi connectivity index (χ0n) is 13.1. The highest BCUT2D eigenvalue weighted by Gasteiger charge is 2.21. The number of carbonyl (C=O) groups is 2. The van der Waals surface area contributed by atoms with Gasteiger partial charge in [0.05, 0.1) is 10.7 Å². The van der Waals surface area contributed by atoms with Crippen molar-refractivity contribution >= 4 is 52.4 Å². The number of esters is 1. The van der Waals surface area contributed by atoms with Gasteiger partial charge in [0.25, 0.3) is 5.91 Å². The summed E-state index contributed by atoms with van der Waals surface area (Å²) in [6, 6.07) is 7.60. The summed E-state index contributed by atoms with van der Waals surface area (Å²) >= 11 is 17.4. The zero-order valence-corrected chi connectivity index (χ0v) is 15.4. The summed E-state index contributed by atoms with van der Waals surface area (Å²) in [6.07, 6.45) is 0. The number of hydrogen-bond acceptors (Lipinski definition) is 5. The van der Waals surface area contributed by atoms with Crippen molar-refractivity contribution in [3.05, 3.63) is 56.3 Å². The molecule has 2 rings (SSSR count). The van der Waals surface area contributed by atoms with E-state index >= 15 is 0 Å². The fraction of sp³-hybridized carbons (Fsp3) is 0.188. The number of nitrogens with zero attached hydrogens (tertiary/aromatic N) is 1. The molecule has 0 saturated heterocycles. The van der Waals surface area contributed by atoms with Crippen molar-refractivity contribution in [3.8, 4) is 0 Å². The van der Waals surface area contributed by atoms with Crippen molar-refractivity contribution < 1.29 is 14.3 Å². The Morgan fingerprint density at radius 3 is 2.56 bits per heavy atom. The number of hydrogen-bond donors (Lipinski definition) is 2. The molecule has 1 heterocycles. The van der Waals surface area contributed by atoms with Crippen LogP contribution in [0.15, 0.2) is 24.3 Å². The number of nitrogen functional groups attached to an aromatic ring is 1. The average Bonchev–Trinajstić information content (AvgIpc) is 2.60. The van der Waals surface area contributed by atoms with Crippen LogP contribution >= 0.6 is 34.8 Å². The van der Waals surface area contributed by atoms with Crippen LogP contribution in [0.5, 0.6) is 0 Å². The van der Waals surface area contributed by atoms with Crippen LogP contribution in [-0.2, 0) is 16.1 Å². The monoisotopic (exact) mass is 401 g/mol. The Morgan fingerprint density at radius 1 is 1.20 bits per heavy atom. The molecule has 0 fully saturated rings. The molecular formula is C16H14Cl3N3O3. The fourth-order valence-corrected chi connectivity index (χ4v) is 2.50. The molecule has 9 heteroatoms. The molecule has 0 aliphatic rings. The Morgan fingerprint density at radius 2 is 1.88 bits per heavy atom. The van der Waals surface area contributed by atoms with Gasteiger partial charge in [-0.05, 0) is 18.1 Å². The highest BCUT2D eigenvalue weighted by atomic mass is 35.5. The van der Waals surface area contributed by atoms with E-state index in [1.165, 1.54) is 0 Å². The van der Waals surface area contributed by atoms with Gasteiger partial charge in [0.1, 0.15) is 5.02 Å². The predicted molar refractivity (Wildman–Crippen MR) is 97.0 cm³/mol. The van der Waals surface area contributed by atoms with Gasteiger partial charge in [-0.1, -0.05) is 59.1 Å². The average molecular weight is 403 g/mol. The molecule has 0 unspecified atom stereocenters. The molecule has 25 heavy (non-hydrogen) atoms. The minimum Gasteiger partial charge on any atom is -0.451 e. The number of aryl methyl sites for hydroxylation is 1. The molecule has 1 aromatic heterocycles. The lowest BCUT2D eigenvalue weighted by molar-refractivity contribution is -0.124. The second kappa shape index (κ2) is 8.38. The molecule has 132 valence electrons. The largest absolute Gasteiger partial charge is 0.451 e. The van der Waals surface area contributed by atoms with E-state index in [-0.39, 0.29) is 26.6 Å². The fourth-order valence-electron chi connectivity index (χ4n) is 1.92. The first-order chi connectivity index (χ1) is 11.8. The van der Waals surface area contributed by atoms with Gasteiger partial charge < -0.3 is 15.8 Å². The molecule has 0 aliphatic carbocycles. The van der Waals surface area contributed by atoms with Gasteiger partial charge in [-0.3, -0.25) is 4.79 Å². The molecule has 1 amide bonds. The number of ether oxygens (including phenoxy) is 1. The van der Waals surface area contributed by atoms with Crippen LogP contribution in [0.3, 0.4) is 0 Å². The van der Waals surface area contributed by atoms with Gasteiger partial charge in [-0.25, -0.2) is 9.78 Å². The van der Waals surface area contributed by atoms with Crippen molar-refractivity contribution in [3.63, 3.8) is 0 Å². The summed E-state index contributed by atoms with van der Waals surface area (Å²) in [4.78, 5) is 27.6. The Hall–Kier alpha value is -2.02. The summed E-state index contributed by atoms with van der Waals surface area (Å²) in [5, 5.41) is 2.23. The number of amides is 1. The van der Waals surface area contributed by atoms with Crippen molar-refractivity contribution in [1.82, 2.24) is 10.3 Å². The molecule has 0 spiro atoms. The summed E-state index contributed by atoms with van der Waals surface area (Å²) in [5.74, 6) is -1.40. The van der Waals surface area contributed by atoms with E-state index < -0.39 is 18.5 Å². The molecule has 0 atom stereocenters. The second-order valence-corrected chi connectivity index (χ2v) is 6.19. The van der Waals surface area contributed by atoms with Gasteiger partial charge in [-0.2, -0.15) is 0 Å². The highest BCUT2D eigenvalue weighted by molar-refractivity contribution is 6.46.